The summed E-state index contributed by atoms with van der Waals surface area (Å²) in [6.07, 6.45) is 1.20. The largest absolute Gasteiger partial charge is 0.394 e. The molecule has 0 amide bonds. The molecule has 16 heavy (non-hydrogen) atoms. The van der Waals surface area contributed by atoms with E-state index in [1.54, 1.807) is 0 Å². The van der Waals surface area contributed by atoms with Gasteiger partial charge in [-0.1, -0.05) is 30.3 Å². The van der Waals surface area contributed by atoms with E-state index in [1.807, 2.05) is 6.07 Å². The van der Waals surface area contributed by atoms with Crippen LogP contribution >= 0.6 is 0 Å². The van der Waals surface area contributed by atoms with E-state index in [0.717, 1.165) is 13.2 Å². The molecule has 4 rings (SSSR count). The van der Waals surface area contributed by atoms with Gasteiger partial charge in [0.2, 0.25) is 0 Å². The van der Waals surface area contributed by atoms with Gasteiger partial charge in [-0.2, -0.15) is 0 Å². The number of aliphatic hydroxyl groups excluding tert-OH is 1. The molecule has 86 valence electrons. The normalized spacial score (nSPS) is 33.4. The van der Waals surface area contributed by atoms with Gasteiger partial charge in [-0.25, -0.2) is 0 Å². The Hall–Kier alpha value is -0.900. The first-order chi connectivity index (χ1) is 7.88. The molecule has 2 bridgehead atoms. The monoisotopic (exact) mass is 219 g/mol. The van der Waals surface area contributed by atoms with Gasteiger partial charge < -0.3 is 9.84 Å². The van der Waals surface area contributed by atoms with Crippen molar-refractivity contribution in [1.82, 2.24) is 4.90 Å². The van der Waals surface area contributed by atoms with Gasteiger partial charge in [0.05, 0.1) is 19.3 Å². The van der Waals surface area contributed by atoms with Gasteiger partial charge in [0.25, 0.3) is 0 Å². The maximum atomic E-state index is 9.22. The van der Waals surface area contributed by atoms with Crippen LogP contribution in [0.4, 0.5) is 0 Å². The quantitative estimate of drug-likeness (QED) is 0.824. The first kappa shape index (κ1) is 10.3. The maximum absolute atomic E-state index is 9.22. The van der Waals surface area contributed by atoms with Crippen LogP contribution in [0.15, 0.2) is 30.3 Å². The van der Waals surface area contributed by atoms with Crippen LogP contribution in [0.1, 0.15) is 12.0 Å². The van der Waals surface area contributed by atoms with Crippen LogP contribution in [-0.4, -0.2) is 41.4 Å². The number of ether oxygens (including phenoxy) is 1. The van der Waals surface area contributed by atoms with Crippen LogP contribution in [0.3, 0.4) is 0 Å². The predicted molar refractivity (Wildman–Crippen MR) is 61.0 cm³/mol. The molecule has 1 aromatic rings. The van der Waals surface area contributed by atoms with Gasteiger partial charge in [0, 0.05) is 18.6 Å². The van der Waals surface area contributed by atoms with E-state index in [2.05, 4.69) is 29.2 Å². The summed E-state index contributed by atoms with van der Waals surface area (Å²) >= 11 is 0. The summed E-state index contributed by atoms with van der Waals surface area (Å²) in [5.74, 6) is 0. The van der Waals surface area contributed by atoms with Crippen molar-refractivity contribution in [3.05, 3.63) is 35.9 Å². The SMILES string of the molecule is OC[C@H]1OC[C@@H]2C[C@H]1N2Cc1ccccc1. The topological polar surface area (TPSA) is 32.7 Å². The first-order valence-electron chi connectivity index (χ1n) is 5.90. The van der Waals surface area contributed by atoms with Crippen molar-refractivity contribution >= 4 is 0 Å². The summed E-state index contributed by atoms with van der Waals surface area (Å²) in [6, 6.07) is 11.5. The third kappa shape index (κ3) is 1.65. The molecule has 3 saturated heterocycles. The van der Waals surface area contributed by atoms with Crippen LogP contribution in [-0.2, 0) is 11.3 Å². The Morgan fingerprint density at radius 2 is 2.12 bits per heavy atom. The van der Waals surface area contributed by atoms with E-state index in [9.17, 15) is 5.11 Å². The van der Waals surface area contributed by atoms with Crippen molar-refractivity contribution in [3.8, 4) is 0 Å². The molecule has 3 heterocycles. The first-order valence-corrected chi connectivity index (χ1v) is 5.90. The number of nitrogens with zero attached hydrogens (tertiary/aromatic N) is 1. The number of aliphatic hydroxyl groups is 1. The summed E-state index contributed by atoms with van der Waals surface area (Å²) in [5, 5.41) is 9.22. The van der Waals surface area contributed by atoms with Crippen LogP contribution in [0, 0.1) is 0 Å². The number of hydrogen-bond donors (Lipinski definition) is 1. The molecular formula is C13H17NO2. The second-order valence-electron chi connectivity index (χ2n) is 4.67. The van der Waals surface area contributed by atoms with Crippen molar-refractivity contribution in [3.63, 3.8) is 0 Å². The van der Waals surface area contributed by atoms with Gasteiger partial charge in [0.15, 0.2) is 0 Å². The fraction of sp³-hybridized carbons (Fsp3) is 0.538. The number of rotatable bonds is 3. The van der Waals surface area contributed by atoms with E-state index in [-0.39, 0.29) is 12.7 Å². The van der Waals surface area contributed by atoms with E-state index < -0.39 is 0 Å². The van der Waals surface area contributed by atoms with Crippen molar-refractivity contribution < 1.29 is 9.84 Å². The molecule has 3 aliphatic heterocycles. The molecule has 1 N–H and O–H groups in total. The molecule has 1 aromatic carbocycles. The predicted octanol–water partition coefficient (Wildman–Crippen LogP) is 1.02. The van der Waals surface area contributed by atoms with Crippen LogP contribution in [0.25, 0.3) is 0 Å². The van der Waals surface area contributed by atoms with E-state index in [1.165, 1.54) is 12.0 Å². The Balaban J connectivity index is 1.68. The third-order valence-corrected chi connectivity index (χ3v) is 3.73. The smallest absolute Gasteiger partial charge is 0.0962 e. The highest BCUT2D eigenvalue weighted by atomic mass is 16.5. The lowest BCUT2D eigenvalue weighted by molar-refractivity contribution is -0.187. The average Bonchev–Trinajstić information content (AvgIpc) is 2.37. The molecule has 0 radical (unpaired) electrons. The Bertz CT molecular complexity index is 352. The molecule has 3 atom stereocenters. The summed E-state index contributed by atoms with van der Waals surface area (Å²) in [6.45, 7) is 1.90. The molecule has 3 nitrogen and oxygen atoms in total. The lowest BCUT2D eigenvalue weighted by atomic mass is 9.86. The number of benzene rings is 1. The number of morpholine rings is 1. The molecule has 0 spiro atoms. The average molecular weight is 219 g/mol. The van der Waals surface area contributed by atoms with Gasteiger partial charge in [-0.05, 0) is 12.0 Å². The van der Waals surface area contributed by atoms with Crippen LogP contribution < -0.4 is 0 Å². The fourth-order valence-electron chi connectivity index (χ4n) is 2.77. The molecule has 3 fully saturated rings. The van der Waals surface area contributed by atoms with Crippen molar-refractivity contribution in [2.75, 3.05) is 13.2 Å². The number of hydrogen-bond acceptors (Lipinski definition) is 3. The second-order valence-corrected chi connectivity index (χ2v) is 4.67. The van der Waals surface area contributed by atoms with Crippen molar-refractivity contribution in [1.29, 1.82) is 0 Å². The standard InChI is InChI=1S/C13H17NO2/c15-8-13-12-6-11(9-16-13)14(12)7-10-4-2-1-3-5-10/h1-5,11-13,15H,6-9H2/t11-,12+,13+/m0/s1. The summed E-state index contributed by atoms with van der Waals surface area (Å²) in [4.78, 5) is 2.46. The summed E-state index contributed by atoms with van der Waals surface area (Å²) < 4.78 is 5.57. The van der Waals surface area contributed by atoms with Crippen LogP contribution in [0.2, 0.25) is 0 Å². The molecule has 0 aliphatic carbocycles. The molecule has 3 aliphatic rings. The minimum Gasteiger partial charge on any atom is -0.394 e. The fourth-order valence-corrected chi connectivity index (χ4v) is 2.77. The molecule has 3 heteroatoms. The Labute approximate surface area is 95.6 Å². The zero-order chi connectivity index (χ0) is 11.0. The summed E-state index contributed by atoms with van der Waals surface area (Å²) in [5.41, 5.74) is 1.34. The Morgan fingerprint density at radius 3 is 2.81 bits per heavy atom. The Morgan fingerprint density at radius 1 is 1.31 bits per heavy atom. The maximum Gasteiger partial charge on any atom is 0.0962 e. The minimum absolute atomic E-state index is 0.0220. The molecule has 0 saturated carbocycles. The second kappa shape index (κ2) is 4.17. The molecule has 0 aromatic heterocycles. The highest BCUT2D eigenvalue weighted by Gasteiger charge is 2.47. The van der Waals surface area contributed by atoms with E-state index >= 15 is 0 Å². The molecular weight excluding hydrogens is 202 g/mol. The lowest BCUT2D eigenvalue weighted by Gasteiger charge is -2.55. The van der Waals surface area contributed by atoms with Gasteiger partial charge in [-0.3, -0.25) is 4.90 Å². The van der Waals surface area contributed by atoms with Gasteiger partial charge >= 0.3 is 0 Å². The molecule has 0 unspecified atom stereocenters. The van der Waals surface area contributed by atoms with Crippen molar-refractivity contribution in [2.24, 2.45) is 0 Å². The summed E-state index contributed by atoms with van der Waals surface area (Å²) in [7, 11) is 0. The Kier molecular flexibility index (Phi) is 2.67. The van der Waals surface area contributed by atoms with Crippen molar-refractivity contribution in [2.45, 2.75) is 31.2 Å². The van der Waals surface area contributed by atoms with E-state index in [4.69, 9.17) is 4.74 Å². The van der Waals surface area contributed by atoms with E-state index in [0.29, 0.717) is 12.1 Å². The number of fused-ring (bicyclic) bond motifs is 2. The highest BCUT2D eigenvalue weighted by Crippen LogP contribution is 2.35. The third-order valence-electron chi connectivity index (χ3n) is 3.73. The lowest BCUT2D eigenvalue weighted by Crippen LogP contribution is -2.67. The van der Waals surface area contributed by atoms with Gasteiger partial charge in [0.1, 0.15) is 0 Å². The van der Waals surface area contributed by atoms with Gasteiger partial charge in [-0.15, -0.1) is 0 Å². The highest BCUT2D eigenvalue weighted by molar-refractivity contribution is 5.16. The zero-order valence-corrected chi connectivity index (χ0v) is 9.25. The zero-order valence-electron chi connectivity index (χ0n) is 9.25. The minimum atomic E-state index is 0.0220. The van der Waals surface area contributed by atoms with Crippen LogP contribution in [0.5, 0.6) is 0 Å².